The number of thiophene rings is 1. The summed E-state index contributed by atoms with van der Waals surface area (Å²) in [5.41, 5.74) is 1.24. The van der Waals surface area contributed by atoms with Gasteiger partial charge in [0.15, 0.2) is 0 Å². The van der Waals surface area contributed by atoms with Gasteiger partial charge in [0.25, 0.3) is 0 Å². The number of hydrogen-bond acceptors (Lipinski definition) is 3. The van der Waals surface area contributed by atoms with Crippen LogP contribution in [-0.2, 0) is 0 Å². The Kier molecular flexibility index (Phi) is 2.87. The molecule has 0 spiro atoms. The lowest BCUT2D eigenvalue weighted by molar-refractivity contribution is 0.457. The predicted octanol–water partition coefficient (Wildman–Crippen LogP) is 4.42. The van der Waals surface area contributed by atoms with Crippen molar-refractivity contribution in [2.45, 2.75) is 6.92 Å². The Balaban J connectivity index is 2.26. The largest absolute Gasteiger partial charge is 0.569 e. The van der Waals surface area contributed by atoms with E-state index in [1.165, 1.54) is 26.4 Å². The second-order valence-corrected chi connectivity index (χ2v) is 6.18. The number of rotatable bonds is 2. The predicted molar refractivity (Wildman–Crippen MR) is 90.2 cm³/mol. The molecule has 0 aliphatic rings. The maximum Gasteiger partial charge on any atom is 0.569 e. The van der Waals surface area contributed by atoms with Crippen molar-refractivity contribution in [3.63, 3.8) is 0 Å². The van der Waals surface area contributed by atoms with Crippen molar-refractivity contribution in [1.29, 1.82) is 0 Å². The minimum absolute atomic E-state index is 0.699. The van der Waals surface area contributed by atoms with Crippen LogP contribution in [0.3, 0.4) is 0 Å². The fourth-order valence-corrected chi connectivity index (χ4v) is 4.01. The lowest BCUT2D eigenvalue weighted by atomic mass is 10.0. The highest BCUT2D eigenvalue weighted by Crippen LogP contribution is 2.43. The molecule has 101 valence electrons. The number of hydrogen-bond donors (Lipinski definition) is 1. The molecule has 0 aliphatic heterocycles. The first-order valence-electron chi connectivity index (χ1n) is 6.75. The summed E-state index contributed by atoms with van der Waals surface area (Å²) in [6, 6.07) is 16.7. The molecule has 0 bridgehead atoms. The molecule has 4 aromatic rings. The standard InChI is InChI=1S/C17H12BO2S/c1-10-6-7-15-13(8-10)16-12-5-3-2-4-11(12)9-14(20-18-19)17(16)21-15/h2-9,19H,1H3. The SMILES string of the molecule is Cc1ccc2sc3c(O[B]O)cc4ccccc4c3c2c1. The van der Waals surface area contributed by atoms with Crippen LogP contribution in [0.25, 0.3) is 30.9 Å². The van der Waals surface area contributed by atoms with Gasteiger partial charge in [-0.15, -0.1) is 11.3 Å². The summed E-state index contributed by atoms with van der Waals surface area (Å²) in [5.74, 6) is 0.699. The first-order chi connectivity index (χ1) is 10.3. The Morgan fingerprint density at radius 2 is 1.90 bits per heavy atom. The molecule has 0 aliphatic carbocycles. The molecule has 4 rings (SSSR count). The van der Waals surface area contributed by atoms with Crippen molar-refractivity contribution >= 4 is 50.0 Å². The van der Waals surface area contributed by atoms with Gasteiger partial charge in [-0.3, -0.25) is 0 Å². The summed E-state index contributed by atoms with van der Waals surface area (Å²) in [5, 5.41) is 13.8. The van der Waals surface area contributed by atoms with Crippen molar-refractivity contribution in [3.05, 3.63) is 54.1 Å². The van der Waals surface area contributed by atoms with Gasteiger partial charge in [-0.1, -0.05) is 35.9 Å². The molecule has 0 fully saturated rings. The van der Waals surface area contributed by atoms with Crippen LogP contribution in [0.1, 0.15) is 5.56 Å². The van der Waals surface area contributed by atoms with E-state index in [-0.39, 0.29) is 0 Å². The van der Waals surface area contributed by atoms with Gasteiger partial charge in [-0.25, -0.2) is 0 Å². The Bertz CT molecular complexity index is 975. The monoisotopic (exact) mass is 291 g/mol. The van der Waals surface area contributed by atoms with E-state index in [9.17, 15) is 0 Å². The van der Waals surface area contributed by atoms with Crippen molar-refractivity contribution < 1.29 is 9.68 Å². The van der Waals surface area contributed by atoms with Gasteiger partial charge in [-0.05, 0) is 35.9 Å². The van der Waals surface area contributed by atoms with Gasteiger partial charge in [0, 0.05) is 15.5 Å². The van der Waals surface area contributed by atoms with E-state index in [0.717, 1.165) is 17.8 Å². The molecule has 1 radical (unpaired) electrons. The summed E-state index contributed by atoms with van der Waals surface area (Å²) in [6.07, 6.45) is 0. The molecular weight excluding hydrogens is 279 g/mol. The molecule has 1 heterocycles. The molecule has 0 unspecified atom stereocenters. The van der Waals surface area contributed by atoms with Crippen LogP contribution in [0.15, 0.2) is 48.5 Å². The van der Waals surface area contributed by atoms with Crippen LogP contribution in [0.5, 0.6) is 5.75 Å². The average Bonchev–Trinajstić information content (AvgIpc) is 2.87. The summed E-state index contributed by atoms with van der Waals surface area (Å²) in [6.45, 7) is 2.10. The molecule has 0 amide bonds. The van der Waals surface area contributed by atoms with Crippen LogP contribution in [0.2, 0.25) is 0 Å². The minimum atomic E-state index is 0.699. The molecule has 2 nitrogen and oxygen atoms in total. The molecule has 3 aromatic carbocycles. The number of fused-ring (bicyclic) bond motifs is 5. The first-order valence-corrected chi connectivity index (χ1v) is 7.57. The Hall–Kier alpha value is -2.04. The minimum Gasteiger partial charge on any atom is -0.536 e. The quantitative estimate of drug-likeness (QED) is 0.554. The number of aryl methyl sites for hydroxylation is 1. The normalized spacial score (nSPS) is 11.3. The second-order valence-electron chi connectivity index (χ2n) is 5.12. The van der Waals surface area contributed by atoms with Crippen LogP contribution in [0.4, 0.5) is 0 Å². The van der Waals surface area contributed by atoms with Crippen molar-refractivity contribution in [2.75, 3.05) is 0 Å². The van der Waals surface area contributed by atoms with Gasteiger partial charge in [-0.2, -0.15) is 0 Å². The van der Waals surface area contributed by atoms with Crippen LogP contribution < -0.4 is 4.65 Å². The van der Waals surface area contributed by atoms with Gasteiger partial charge in [0.2, 0.25) is 0 Å². The van der Waals surface area contributed by atoms with E-state index in [1.807, 2.05) is 12.1 Å². The maximum absolute atomic E-state index is 9.03. The molecule has 0 saturated carbocycles. The zero-order valence-electron chi connectivity index (χ0n) is 11.5. The van der Waals surface area contributed by atoms with Crippen LogP contribution >= 0.6 is 11.3 Å². The zero-order valence-corrected chi connectivity index (χ0v) is 12.3. The van der Waals surface area contributed by atoms with Crippen LogP contribution in [0, 0.1) is 6.92 Å². The highest BCUT2D eigenvalue weighted by atomic mass is 32.1. The molecule has 4 heteroatoms. The lowest BCUT2D eigenvalue weighted by Crippen LogP contribution is -1.99. The highest BCUT2D eigenvalue weighted by molar-refractivity contribution is 7.26. The number of benzene rings is 3. The summed E-state index contributed by atoms with van der Waals surface area (Å²) < 4.78 is 7.63. The lowest BCUT2D eigenvalue weighted by Gasteiger charge is -2.07. The van der Waals surface area contributed by atoms with E-state index in [0.29, 0.717) is 5.75 Å². The summed E-state index contributed by atoms with van der Waals surface area (Å²) in [7, 11) is 0.749. The molecule has 21 heavy (non-hydrogen) atoms. The van der Waals surface area contributed by atoms with Crippen molar-refractivity contribution in [2.24, 2.45) is 0 Å². The Morgan fingerprint density at radius 3 is 2.76 bits per heavy atom. The molecule has 0 saturated heterocycles. The van der Waals surface area contributed by atoms with E-state index in [4.69, 9.17) is 9.68 Å². The molecule has 1 aromatic heterocycles. The van der Waals surface area contributed by atoms with E-state index in [1.54, 1.807) is 11.3 Å². The third-order valence-corrected chi connectivity index (χ3v) is 4.95. The second kappa shape index (κ2) is 4.76. The third-order valence-electron chi connectivity index (χ3n) is 3.76. The highest BCUT2D eigenvalue weighted by Gasteiger charge is 2.14. The van der Waals surface area contributed by atoms with Gasteiger partial charge in [0.05, 0.1) is 4.70 Å². The first kappa shape index (κ1) is 12.7. The van der Waals surface area contributed by atoms with Crippen molar-refractivity contribution in [3.8, 4) is 5.75 Å². The molecule has 1 N–H and O–H groups in total. The zero-order chi connectivity index (χ0) is 14.4. The summed E-state index contributed by atoms with van der Waals surface area (Å²) in [4.78, 5) is 0. The Labute approximate surface area is 126 Å². The Morgan fingerprint density at radius 1 is 1.05 bits per heavy atom. The van der Waals surface area contributed by atoms with Gasteiger partial charge < -0.3 is 9.68 Å². The van der Waals surface area contributed by atoms with Gasteiger partial charge >= 0.3 is 7.69 Å². The average molecular weight is 291 g/mol. The maximum atomic E-state index is 9.03. The van der Waals surface area contributed by atoms with E-state index in [2.05, 4.69) is 43.3 Å². The summed E-state index contributed by atoms with van der Waals surface area (Å²) >= 11 is 1.70. The fourth-order valence-electron chi connectivity index (χ4n) is 2.85. The smallest absolute Gasteiger partial charge is 0.536 e. The van der Waals surface area contributed by atoms with E-state index >= 15 is 0 Å². The van der Waals surface area contributed by atoms with E-state index < -0.39 is 0 Å². The fraction of sp³-hybridized carbons (Fsp3) is 0.0588. The topological polar surface area (TPSA) is 29.5 Å². The van der Waals surface area contributed by atoms with Crippen LogP contribution in [-0.4, -0.2) is 12.7 Å². The molecular formula is C17H12BO2S. The van der Waals surface area contributed by atoms with Crippen molar-refractivity contribution in [1.82, 2.24) is 0 Å². The molecule has 0 atom stereocenters. The van der Waals surface area contributed by atoms with Gasteiger partial charge in [0.1, 0.15) is 5.75 Å². The third kappa shape index (κ3) is 1.91.